The third kappa shape index (κ3) is 2.09. The van der Waals surface area contributed by atoms with Gasteiger partial charge in [-0.3, -0.25) is 0 Å². The molecule has 2 aromatic carbocycles. The average Bonchev–Trinajstić information content (AvgIpc) is 2.98. The minimum atomic E-state index is 0.410. The third-order valence-electron chi connectivity index (χ3n) is 3.16. The Kier molecular flexibility index (Phi) is 2.86. The molecule has 0 atom stereocenters. The van der Waals surface area contributed by atoms with E-state index in [1.807, 2.05) is 0 Å². The molecule has 0 saturated carbocycles. The Balaban J connectivity index is 1.78. The normalized spacial score (nSPS) is 12.4. The topological polar surface area (TPSA) is 12.0 Å². The van der Waals surface area contributed by atoms with Crippen LogP contribution in [0.25, 0.3) is 10.0 Å². The van der Waals surface area contributed by atoms with E-state index in [4.69, 9.17) is 0 Å². The zero-order valence-corrected chi connectivity index (χ0v) is 13.5. The van der Waals surface area contributed by atoms with Crippen molar-refractivity contribution in [3.05, 3.63) is 59.5 Å². The number of benzene rings is 2. The predicted molar refractivity (Wildman–Crippen MR) is 83.6 cm³/mol. The number of nitrogens with one attached hydrogen (secondary N) is 1. The molecule has 0 amide bonds. The number of para-hydroxylation sites is 1. The Morgan fingerprint density at radius 2 is 1.68 bits per heavy atom. The molecule has 4 rings (SSSR count). The van der Waals surface area contributed by atoms with Gasteiger partial charge in [0.25, 0.3) is 0 Å². The van der Waals surface area contributed by atoms with Crippen LogP contribution in [0.1, 0.15) is 0 Å². The van der Waals surface area contributed by atoms with Crippen molar-refractivity contribution in [1.29, 1.82) is 0 Å². The predicted octanol–water partition coefficient (Wildman–Crippen LogP) is 2.12. The summed E-state index contributed by atoms with van der Waals surface area (Å²) in [6.07, 6.45) is 0. The molecule has 92 valence electrons. The second-order valence-electron chi connectivity index (χ2n) is 4.41. The van der Waals surface area contributed by atoms with Crippen LogP contribution in [0.5, 0.6) is 0 Å². The van der Waals surface area contributed by atoms with Crippen LogP contribution >= 0.6 is 0 Å². The Hall–Kier alpha value is -1.24. The third-order valence-corrected chi connectivity index (χ3v) is 7.47. The van der Waals surface area contributed by atoms with Crippen molar-refractivity contribution in [1.82, 2.24) is 0 Å². The summed E-state index contributed by atoms with van der Waals surface area (Å²) in [5.74, 6) is 0. The summed E-state index contributed by atoms with van der Waals surface area (Å²) in [5.41, 5.74) is 3.95. The van der Waals surface area contributed by atoms with Crippen LogP contribution in [-0.4, -0.2) is 29.5 Å². The second-order valence-corrected chi connectivity index (χ2v) is 8.67. The molecule has 0 radical (unpaired) electrons. The maximum absolute atomic E-state index is 3.54. The van der Waals surface area contributed by atoms with Gasteiger partial charge in [-0.25, -0.2) is 0 Å². The van der Waals surface area contributed by atoms with Crippen molar-refractivity contribution >= 4 is 49.8 Å². The van der Waals surface area contributed by atoms with Gasteiger partial charge in [0.1, 0.15) is 0 Å². The van der Waals surface area contributed by atoms with Crippen LogP contribution in [0.3, 0.4) is 0 Å². The molecule has 0 saturated heterocycles. The molecule has 19 heavy (non-hydrogen) atoms. The van der Waals surface area contributed by atoms with Gasteiger partial charge in [-0.2, -0.15) is 0 Å². The molecule has 0 aliphatic carbocycles. The molecule has 0 spiro atoms. The first kappa shape index (κ1) is 11.6. The van der Waals surface area contributed by atoms with Gasteiger partial charge in [-0.1, -0.05) is 0 Å². The van der Waals surface area contributed by atoms with E-state index in [0.29, 0.717) is 29.5 Å². The van der Waals surface area contributed by atoms with Gasteiger partial charge < -0.3 is 0 Å². The van der Waals surface area contributed by atoms with Gasteiger partial charge >= 0.3 is 125 Å². The first-order chi connectivity index (χ1) is 9.40. The van der Waals surface area contributed by atoms with Crippen molar-refractivity contribution in [2.45, 2.75) is 0 Å². The molecule has 1 aliphatic rings. The molecular formula is C16H11NSe2. The van der Waals surface area contributed by atoms with Crippen molar-refractivity contribution in [3.63, 3.8) is 0 Å². The molecule has 3 aromatic rings. The number of hydrogen-bond donors (Lipinski definition) is 1. The fourth-order valence-electron chi connectivity index (χ4n) is 2.23. The quantitative estimate of drug-likeness (QED) is 0.503. The minimum absolute atomic E-state index is 0.410. The fourth-order valence-corrected chi connectivity index (χ4v) is 5.90. The molecule has 0 bridgehead atoms. The van der Waals surface area contributed by atoms with Crippen LogP contribution in [0, 0.1) is 0 Å². The van der Waals surface area contributed by atoms with E-state index in [-0.39, 0.29) is 0 Å². The molecule has 0 fully saturated rings. The summed E-state index contributed by atoms with van der Waals surface area (Å²) in [4.78, 5) is 2.28. The van der Waals surface area contributed by atoms with Crippen molar-refractivity contribution in [2.24, 2.45) is 0 Å². The fraction of sp³-hybridized carbons (Fsp3) is 0. The zero-order chi connectivity index (χ0) is 12.7. The van der Waals surface area contributed by atoms with Crippen molar-refractivity contribution in [3.8, 4) is 10.0 Å². The van der Waals surface area contributed by atoms with E-state index in [1.165, 1.54) is 30.3 Å². The summed E-state index contributed by atoms with van der Waals surface area (Å²) in [5, 5.41) is 3.54. The first-order valence-electron chi connectivity index (χ1n) is 6.12. The molecular weight excluding hydrogens is 364 g/mol. The van der Waals surface area contributed by atoms with Crippen LogP contribution in [-0.2, 0) is 0 Å². The molecule has 2 heterocycles. The maximum atomic E-state index is 3.54. The van der Waals surface area contributed by atoms with Gasteiger partial charge in [-0.15, -0.1) is 0 Å². The summed E-state index contributed by atoms with van der Waals surface area (Å²) < 4.78 is 4.40. The van der Waals surface area contributed by atoms with E-state index in [2.05, 4.69) is 64.9 Å². The van der Waals surface area contributed by atoms with Gasteiger partial charge in [-0.05, 0) is 0 Å². The summed E-state index contributed by atoms with van der Waals surface area (Å²) in [7, 11) is 0. The molecule has 0 unspecified atom stereocenters. The summed E-state index contributed by atoms with van der Waals surface area (Å²) >= 11 is 0.925. The van der Waals surface area contributed by atoms with Crippen LogP contribution in [0.15, 0.2) is 59.5 Å². The monoisotopic (exact) mass is 377 g/mol. The Labute approximate surface area is 124 Å². The molecule has 3 heteroatoms. The van der Waals surface area contributed by atoms with E-state index in [1.54, 1.807) is 0 Å². The van der Waals surface area contributed by atoms with Crippen molar-refractivity contribution in [2.75, 3.05) is 5.32 Å². The van der Waals surface area contributed by atoms with E-state index in [9.17, 15) is 0 Å². The molecule has 1 aliphatic heterocycles. The second kappa shape index (κ2) is 4.70. The SMILES string of the molecule is c1c[se]c(-c2ccc3c(c2)[Se]c2ccccc2N3)c1. The number of anilines is 2. The Bertz CT molecular complexity index is 732. The van der Waals surface area contributed by atoms with E-state index >= 15 is 0 Å². The number of rotatable bonds is 1. The van der Waals surface area contributed by atoms with E-state index < -0.39 is 0 Å². The van der Waals surface area contributed by atoms with Crippen LogP contribution in [0.4, 0.5) is 11.4 Å². The van der Waals surface area contributed by atoms with Crippen LogP contribution in [0.2, 0.25) is 0 Å². The Morgan fingerprint density at radius 3 is 2.58 bits per heavy atom. The standard InChI is InChI=1S/C16H11NSe2/c1-2-5-15-12(4-1)17-13-8-7-11(10-16(13)19-15)14-6-3-9-18-14/h1-10,17H. The first-order valence-corrected chi connectivity index (χ1v) is 9.68. The van der Waals surface area contributed by atoms with Gasteiger partial charge in [0, 0.05) is 0 Å². The summed E-state index contributed by atoms with van der Waals surface area (Å²) in [6, 6.07) is 19.9. The zero-order valence-electron chi connectivity index (χ0n) is 10.1. The van der Waals surface area contributed by atoms with Crippen molar-refractivity contribution < 1.29 is 0 Å². The molecule has 1 aromatic heterocycles. The van der Waals surface area contributed by atoms with Crippen LogP contribution < -0.4 is 14.2 Å². The number of hydrogen-bond acceptors (Lipinski definition) is 1. The van der Waals surface area contributed by atoms with E-state index in [0.717, 1.165) is 0 Å². The summed E-state index contributed by atoms with van der Waals surface area (Å²) in [6.45, 7) is 0. The Morgan fingerprint density at radius 1 is 0.789 bits per heavy atom. The van der Waals surface area contributed by atoms with Gasteiger partial charge in [0.2, 0.25) is 0 Å². The molecule has 1 nitrogen and oxygen atoms in total. The van der Waals surface area contributed by atoms with Gasteiger partial charge in [0.15, 0.2) is 0 Å². The van der Waals surface area contributed by atoms with Gasteiger partial charge in [0.05, 0.1) is 0 Å². The average molecular weight is 375 g/mol. The number of fused-ring (bicyclic) bond motifs is 2. The molecule has 1 N–H and O–H groups in total.